The van der Waals surface area contributed by atoms with Crippen LogP contribution in [0.1, 0.15) is 33.6 Å². The summed E-state index contributed by atoms with van der Waals surface area (Å²) in [5.41, 5.74) is -0.0600. The quantitative estimate of drug-likeness (QED) is 0.563. The first-order valence-electron chi connectivity index (χ1n) is 4.38. The Morgan fingerprint density at radius 3 is 2.50 bits per heavy atom. The second-order valence-electron chi connectivity index (χ2n) is 4.52. The van der Waals surface area contributed by atoms with Gasteiger partial charge in [-0.2, -0.15) is 0 Å². The molecule has 2 unspecified atom stereocenters. The Balaban J connectivity index is 2.67. The Morgan fingerprint density at radius 2 is 2.08 bits per heavy atom. The van der Waals surface area contributed by atoms with Crippen LogP contribution >= 0.6 is 0 Å². The lowest BCUT2D eigenvalue weighted by Gasteiger charge is -2.38. The van der Waals surface area contributed by atoms with Crippen molar-refractivity contribution in [3.63, 3.8) is 0 Å². The van der Waals surface area contributed by atoms with Crippen molar-refractivity contribution < 1.29 is 9.90 Å². The predicted octanol–water partition coefficient (Wildman–Crippen LogP) is 0.672. The van der Waals surface area contributed by atoms with Gasteiger partial charge in [-0.25, -0.2) is 0 Å². The third-order valence-corrected chi connectivity index (χ3v) is 2.30. The van der Waals surface area contributed by atoms with E-state index in [2.05, 4.69) is 5.32 Å². The van der Waals surface area contributed by atoms with Crippen molar-refractivity contribution in [2.75, 3.05) is 0 Å². The molecule has 2 N–H and O–H groups in total. The van der Waals surface area contributed by atoms with Crippen LogP contribution < -0.4 is 5.32 Å². The number of rotatable bonds is 0. The molecular formula is C9H17NO2. The molecule has 0 bridgehead atoms. The Labute approximate surface area is 73.2 Å². The largest absolute Gasteiger partial charge is 0.391 e. The highest BCUT2D eigenvalue weighted by Crippen LogP contribution is 2.26. The summed E-state index contributed by atoms with van der Waals surface area (Å²) >= 11 is 0. The summed E-state index contributed by atoms with van der Waals surface area (Å²) in [5.74, 6) is 0.0558. The molecule has 0 saturated carbocycles. The first-order valence-corrected chi connectivity index (χ1v) is 4.38. The van der Waals surface area contributed by atoms with Gasteiger partial charge in [0.1, 0.15) is 0 Å². The van der Waals surface area contributed by atoms with Crippen molar-refractivity contribution in [2.45, 2.75) is 45.8 Å². The monoisotopic (exact) mass is 171 g/mol. The molecule has 1 aliphatic heterocycles. The highest BCUT2D eigenvalue weighted by Gasteiger charge is 2.35. The fourth-order valence-corrected chi connectivity index (χ4v) is 1.58. The molecule has 1 fully saturated rings. The summed E-state index contributed by atoms with van der Waals surface area (Å²) in [6.45, 7) is 6.06. The predicted molar refractivity (Wildman–Crippen MR) is 46.6 cm³/mol. The minimum Gasteiger partial charge on any atom is -0.391 e. The number of nitrogens with one attached hydrogen (secondary N) is 1. The molecule has 0 spiro atoms. The van der Waals surface area contributed by atoms with Gasteiger partial charge in [0.05, 0.1) is 12.1 Å². The molecule has 70 valence electrons. The van der Waals surface area contributed by atoms with Crippen LogP contribution in [-0.2, 0) is 4.79 Å². The Bertz CT molecular complexity index is 183. The molecule has 1 rings (SSSR count). The van der Waals surface area contributed by atoms with Crippen LogP contribution in [0.2, 0.25) is 0 Å². The van der Waals surface area contributed by atoms with Gasteiger partial charge in [-0.15, -0.1) is 0 Å². The first kappa shape index (κ1) is 9.52. The molecule has 0 aliphatic carbocycles. The van der Waals surface area contributed by atoms with Gasteiger partial charge in [0, 0.05) is 6.42 Å². The normalized spacial score (nSPS) is 31.5. The van der Waals surface area contributed by atoms with E-state index >= 15 is 0 Å². The minimum absolute atomic E-state index is 0.0558. The zero-order valence-corrected chi connectivity index (χ0v) is 7.92. The van der Waals surface area contributed by atoms with E-state index in [1.165, 1.54) is 0 Å². The summed E-state index contributed by atoms with van der Waals surface area (Å²) in [6, 6.07) is -0.0984. The van der Waals surface area contributed by atoms with Gasteiger partial charge in [-0.3, -0.25) is 4.79 Å². The number of carbonyl (C=O) groups excluding carboxylic acids is 1. The van der Waals surface area contributed by atoms with Crippen molar-refractivity contribution in [3.8, 4) is 0 Å². The topological polar surface area (TPSA) is 49.3 Å². The number of hydrogen-bond donors (Lipinski definition) is 2. The lowest BCUT2D eigenvalue weighted by atomic mass is 9.80. The number of aliphatic hydroxyl groups excluding tert-OH is 1. The van der Waals surface area contributed by atoms with Crippen molar-refractivity contribution in [1.82, 2.24) is 5.32 Å². The van der Waals surface area contributed by atoms with E-state index in [1.54, 1.807) is 0 Å². The second kappa shape index (κ2) is 3.05. The molecule has 3 heteroatoms. The zero-order valence-electron chi connectivity index (χ0n) is 7.92. The van der Waals surface area contributed by atoms with E-state index in [1.807, 2.05) is 20.8 Å². The number of carbonyl (C=O) groups is 1. The average Bonchev–Trinajstić information content (AvgIpc) is 1.92. The third kappa shape index (κ3) is 1.97. The van der Waals surface area contributed by atoms with E-state index in [4.69, 9.17) is 0 Å². The molecule has 1 heterocycles. The average molecular weight is 171 g/mol. The lowest BCUT2D eigenvalue weighted by molar-refractivity contribution is -0.127. The fraction of sp³-hybridized carbons (Fsp3) is 0.889. The minimum atomic E-state index is -0.386. The summed E-state index contributed by atoms with van der Waals surface area (Å²) in [5, 5.41) is 12.4. The van der Waals surface area contributed by atoms with Gasteiger partial charge in [0.15, 0.2) is 0 Å². The maximum absolute atomic E-state index is 11.0. The van der Waals surface area contributed by atoms with Gasteiger partial charge >= 0.3 is 0 Å². The molecule has 0 radical (unpaired) electrons. The number of aliphatic hydroxyl groups is 1. The highest BCUT2D eigenvalue weighted by molar-refractivity contribution is 5.77. The van der Waals surface area contributed by atoms with E-state index in [9.17, 15) is 9.90 Å². The molecule has 1 aliphatic rings. The molecule has 2 atom stereocenters. The van der Waals surface area contributed by atoms with Gasteiger partial charge in [-0.1, -0.05) is 20.8 Å². The van der Waals surface area contributed by atoms with E-state index in [0.29, 0.717) is 12.8 Å². The van der Waals surface area contributed by atoms with Gasteiger partial charge < -0.3 is 10.4 Å². The second-order valence-corrected chi connectivity index (χ2v) is 4.52. The Hall–Kier alpha value is -0.570. The lowest BCUT2D eigenvalue weighted by Crippen LogP contribution is -2.54. The van der Waals surface area contributed by atoms with Gasteiger partial charge in [-0.05, 0) is 11.8 Å². The summed E-state index contributed by atoms with van der Waals surface area (Å²) in [4.78, 5) is 11.0. The van der Waals surface area contributed by atoms with Crippen LogP contribution in [0.15, 0.2) is 0 Å². The van der Waals surface area contributed by atoms with E-state index in [0.717, 1.165) is 0 Å². The van der Waals surface area contributed by atoms with Crippen molar-refractivity contribution in [2.24, 2.45) is 5.41 Å². The summed E-state index contributed by atoms with van der Waals surface area (Å²) in [6.07, 6.45) is 0.657. The molecule has 12 heavy (non-hydrogen) atoms. The fourth-order valence-electron chi connectivity index (χ4n) is 1.58. The molecule has 1 amide bonds. The molecule has 0 aromatic rings. The van der Waals surface area contributed by atoms with Crippen molar-refractivity contribution in [1.29, 1.82) is 0 Å². The van der Waals surface area contributed by atoms with Crippen LogP contribution in [0, 0.1) is 5.41 Å². The highest BCUT2D eigenvalue weighted by atomic mass is 16.3. The SMILES string of the molecule is CC(C)(C)C1NC(=O)CCC1O. The van der Waals surface area contributed by atoms with Crippen LogP contribution in [0.25, 0.3) is 0 Å². The molecular weight excluding hydrogens is 154 g/mol. The number of amides is 1. The molecule has 0 aromatic carbocycles. The number of hydrogen-bond acceptors (Lipinski definition) is 2. The van der Waals surface area contributed by atoms with Crippen LogP contribution in [0.4, 0.5) is 0 Å². The first-order chi connectivity index (χ1) is 5.41. The number of piperidine rings is 1. The maximum atomic E-state index is 11.0. The van der Waals surface area contributed by atoms with E-state index < -0.39 is 0 Å². The Kier molecular flexibility index (Phi) is 2.42. The van der Waals surface area contributed by atoms with Crippen LogP contribution in [0.3, 0.4) is 0 Å². The van der Waals surface area contributed by atoms with Crippen molar-refractivity contribution >= 4 is 5.91 Å². The molecule has 3 nitrogen and oxygen atoms in total. The summed E-state index contributed by atoms with van der Waals surface area (Å²) < 4.78 is 0. The summed E-state index contributed by atoms with van der Waals surface area (Å²) in [7, 11) is 0. The maximum Gasteiger partial charge on any atom is 0.220 e. The smallest absolute Gasteiger partial charge is 0.220 e. The standard InChI is InChI=1S/C9H17NO2/c1-9(2,3)8-6(11)4-5-7(12)10-8/h6,8,11H,4-5H2,1-3H3,(H,10,12). The zero-order chi connectivity index (χ0) is 9.35. The van der Waals surface area contributed by atoms with Crippen LogP contribution in [-0.4, -0.2) is 23.2 Å². The third-order valence-electron chi connectivity index (χ3n) is 2.30. The van der Waals surface area contributed by atoms with Crippen LogP contribution in [0.5, 0.6) is 0 Å². The molecule has 0 aromatic heterocycles. The Morgan fingerprint density at radius 1 is 1.50 bits per heavy atom. The van der Waals surface area contributed by atoms with Crippen molar-refractivity contribution in [3.05, 3.63) is 0 Å². The molecule has 1 saturated heterocycles. The van der Waals surface area contributed by atoms with E-state index in [-0.39, 0.29) is 23.5 Å². The van der Waals surface area contributed by atoms with Gasteiger partial charge in [0.25, 0.3) is 0 Å². The van der Waals surface area contributed by atoms with Gasteiger partial charge in [0.2, 0.25) is 5.91 Å².